The maximum Gasteiger partial charge on any atom is 0.241 e. The highest BCUT2D eigenvalue weighted by Crippen LogP contribution is 2.23. The van der Waals surface area contributed by atoms with Crippen molar-refractivity contribution in [2.24, 2.45) is 0 Å². The molecule has 8 heteroatoms. The van der Waals surface area contributed by atoms with Gasteiger partial charge in [0.05, 0.1) is 19.3 Å². The standard InChI is InChI=1S/C20H32N6O2/c1-23-10-11-26(15-20(23)27)19-14-18(21-16-22-19)25-8-4-17(5-9-25)28-13-12-24-6-2-3-7-24/h14,16-17H,2-13,15H2,1H3. The van der Waals surface area contributed by atoms with Crippen molar-refractivity contribution >= 4 is 17.5 Å². The fraction of sp³-hybridized carbons (Fsp3) is 0.750. The fourth-order valence-corrected chi connectivity index (χ4v) is 4.24. The van der Waals surface area contributed by atoms with E-state index in [1.165, 1.54) is 25.9 Å². The molecule has 0 N–H and O–H groups in total. The SMILES string of the molecule is CN1CCN(c2cc(N3CCC(OCCN4CCCC4)CC3)ncn2)CC1=O. The number of likely N-dealkylation sites (tertiary alicyclic amines) is 1. The van der Waals surface area contributed by atoms with E-state index in [1.54, 1.807) is 11.2 Å². The summed E-state index contributed by atoms with van der Waals surface area (Å²) in [5, 5.41) is 0. The van der Waals surface area contributed by atoms with Crippen molar-refractivity contribution in [1.29, 1.82) is 0 Å². The van der Waals surface area contributed by atoms with Crippen LogP contribution >= 0.6 is 0 Å². The Hall–Kier alpha value is -1.93. The second-order valence-corrected chi connectivity index (χ2v) is 8.08. The number of piperazine rings is 1. The van der Waals surface area contributed by atoms with Gasteiger partial charge in [0.1, 0.15) is 18.0 Å². The van der Waals surface area contributed by atoms with Gasteiger partial charge < -0.3 is 24.3 Å². The molecule has 3 aliphatic heterocycles. The van der Waals surface area contributed by atoms with E-state index in [9.17, 15) is 4.79 Å². The first-order valence-electron chi connectivity index (χ1n) is 10.6. The number of hydrogen-bond acceptors (Lipinski definition) is 7. The Morgan fingerprint density at radius 1 is 1.00 bits per heavy atom. The smallest absolute Gasteiger partial charge is 0.241 e. The van der Waals surface area contributed by atoms with Gasteiger partial charge in [0.15, 0.2) is 0 Å². The van der Waals surface area contributed by atoms with Gasteiger partial charge >= 0.3 is 0 Å². The van der Waals surface area contributed by atoms with Crippen LogP contribution in [0.1, 0.15) is 25.7 Å². The molecule has 154 valence electrons. The maximum atomic E-state index is 12.0. The van der Waals surface area contributed by atoms with Crippen molar-refractivity contribution in [3.05, 3.63) is 12.4 Å². The maximum absolute atomic E-state index is 12.0. The lowest BCUT2D eigenvalue weighted by molar-refractivity contribution is -0.129. The first kappa shape index (κ1) is 19.4. The third kappa shape index (κ3) is 4.72. The predicted molar refractivity (Wildman–Crippen MR) is 109 cm³/mol. The number of carbonyl (C=O) groups is 1. The summed E-state index contributed by atoms with van der Waals surface area (Å²) in [7, 11) is 1.85. The van der Waals surface area contributed by atoms with Crippen molar-refractivity contribution in [3.8, 4) is 0 Å². The molecule has 1 aromatic rings. The van der Waals surface area contributed by atoms with Crippen LogP contribution in [-0.4, -0.2) is 97.8 Å². The Balaban J connectivity index is 1.26. The summed E-state index contributed by atoms with van der Waals surface area (Å²) in [5.41, 5.74) is 0. The summed E-state index contributed by atoms with van der Waals surface area (Å²) >= 11 is 0. The summed E-state index contributed by atoms with van der Waals surface area (Å²) in [6.45, 7) is 8.22. The molecule has 0 spiro atoms. The van der Waals surface area contributed by atoms with Crippen LogP contribution in [-0.2, 0) is 9.53 Å². The molecule has 3 fully saturated rings. The quantitative estimate of drug-likeness (QED) is 0.715. The average molecular weight is 389 g/mol. The number of aromatic nitrogens is 2. The van der Waals surface area contributed by atoms with Gasteiger partial charge in [-0.2, -0.15) is 0 Å². The Kier molecular flexibility index (Phi) is 6.26. The summed E-state index contributed by atoms with van der Waals surface area (Å²) in [6, 6.07) is 2.02. The molecule has 0 aliphatic carbocycles. The van der Waals surface area contributed by atoms with E-state index < -0.39 is 0 Å². The number of anilines is 2. The second kappa shape index (κ2) is 9.05. The summed E-state index contributed by atoms with van der Waals surface area (Å²) in [4.78, 5) is 29.5. The topological polar surface area (TPSA) is 65.0 Å². The van der Waals surface area contributed by atoms with E-state index in [0.29, 0.717) is 12.6 Å². The zero-order valence-electron chi connectivity index (χ0n) is 16.9. The number of nitrogens with zero attached hydrogens (tertiary/aromatic N) is 6. The van der Waals surface area contributed by atoms with Crippen molar-refractivity contribution < 1.29 is 9.53 Å². The zero-order chi connectivity index (χ0) is 19.3. The lowest BCUT2D eigenvalue weighted by atomic mass is 10.1. The van der Waals surface area contributed by atoms with Crippen molar-refractivity contribution in [2.45, 2.75) is 31.8 Å². The summed E-state index contributed by atoms with van der Waals surface area (Å²) < 4.78 is 6.12. The largest absolute Gasteiger partial charge is 0.377 e. The first-order valence-corrected chi connectivity index (χ1v) is 10.6. The Labute approximate surface area is 167 Å². The highest BCUT2D eigenvalue weighted by atomic mass is 16.5. The van der Waals surface area contributed by atoms with Crippen LogP contribution in [0.25, 0.3) is 0 Å². The number of piperidine rings is 1. The van der Waals surface area contributed by atoms with Crippen LogP contribution in [0.15, 0.2) is 12.4 Å². The van der Waals surface area contributed by atoms with Crippen LogP contribution in [0.3, 0.4) is 0 Å². The van der Waals surface area contributed by atoms with Crippen molar-refractivity contribution in [1.82, 2.24) is 19.8 Å². The molecule has 3 saturated heterocycles. The predicted octanol–water partition coefficient (Wildman–Crippen LogP) is 0.836. The zero-order valence-corrected chi connectivity index (χ0v) is 16.9. The van der Waals surface area contributed by atoms with Crippen LogP contribution in [0.4, 0.5) is 11.6 Å². The highest BCUT2D eigenvalue weighted by molar-refractivity contribution is 5.82. The van der Waals surface area contributed by atoms with E-state index in [4.69, 9.17) is 4.74 Å². The normalized spacial score (nSPS) is 22.3. The number of likely N-dealkylation sites (N-methyl/N-ethyl adjacent to an activating group) is 1. The van der Waals surface area contributed by atoms with Crippen LogP contribution < -0.4 is 9.80 Å². The van der Waals surface area contributed by atoms with E-state index >= 15 is 0 Å². The minimum absolute atomic E-state index is 0.137. The van der Waals surface area contributed by atoms with Crippen molar-refractivity contribution in [3.63, 3.8) is 0 Å². The van der Waals surface area contributed by atoms with Gasteiger partial charge in [-0.05, 0) is 38.8 Å². The van der Waals surface area contributed by atoms with Crippen LogP contribution in [0.2, 0.25) is 0 Å². The molecule has 1 aromatic heterocycles. The second-order valence-electron chi connectivity index (χ2n) is 8.08. The first-order chi connectivity index (χ1) is 13.7. The highest BCUT2D eigenvalue weighted by Gasteiger charge is 2.24. The molecule has 8 nitrogen and oxygen atoms in total. The number of amides is 1. The lowest BCUT2D eigenvalue weighted by Gasteiger charge is -2.35. The van der Waals surface area contributed by atoms with E-state index in [2.05, 4.69) is 19.8 Å². The van der Waals surface area contributed by atoms with Gasteiger partial charge in [-0.1, -0.05) is 0 Å². The molecule has 1 amide bonds. The van der Waals surface area contributed by atoms with Crippen LogP contribution in [0, 0.1) is 0 Å². The summed E-state index contributed by atoms with van der Waals surface area (Å²) in [6.07, 6.45) is 6.71. The molecule has 0 aromatic carbocycles. The van der Waals surface area contributed by atoms with E-state index in [0.717, 1.165) is 63.8 Å². The summed E-state index contributed by atoms with van der Waals surface area (Å²) in [5.74, 6) is 1.93. The number of carbonyl (C=O) groups excluding carboxylic acids is 1. The molecule has 0 radical (unpaired) electrons. The Morgan fingerprint density at radius 3 is 2.43 bits per heavy atom. The molecule has 3 aliphatic rings. The number of rotatable bonds is 6. The molecular formula is C20H32N6O2. The average Bonchev–Trinajstić information content (AvgIpc) is 3.24. The molecular weight excluding hydrogens is 356 g/mol. The van der Waals surface area contributed by atoms with Crippen LogP contribution in [0.5, 0.6) is 0 Å². The minimum Gasteiger partial charge on any atom is -0.377 e. The molecule has 0 bridgehead atoms. The molecule has 0 atom stereocenters. The van der Waals surface area contributed by atoms with Gasteiger partial charge in [0, 0.05) is 45.8 Å². The minimum atomic E-state index is 0.137. The Bertz CT molecular complexity index is 658. The van der Waals surface area contributed by atoms with E-state index in [1.807, 2.05) is 18.0 Å². The number of ether oxygens (including phenoxy) is 1. The molecule has 4 heterocycles. The Morgan fingerprint density at radius 2 is 1.71 bits per heavy atom. The monoisotopic (exact) mass is 388 g/mol. The van der Waals surface area contributed by atoms with Gasteiger partial charge in [0.25, 0.3) is 0 Å². The molecule has 28 heavy (non-hydrogen) atoms. The van der Waals surface area contributed by atoms with Gasteiger partial charge in [-0.3, -0.25) is 4.79 Å². The van der Waals surface area contributed by atoms with Gasteiger partial charge in [-0.25, -0.2) is 9.97 Å². The fourth-order valence-electron chi connectivity index (χ4n) is 4.24. The van der Waals surface area contributed by atoms with E-state index in [-0.39, 0.29) is 5.91 Å². The van der Waals surface area contributed by atoms with Gasteiger partial charge in [0.2, 0.25) is 5.91 Å². The lowest BCUT2D eigenvalue weighted by Crippen LogP contribution is -2.49. The molecule has 0 unspecified atom stereocenters. The third-order valence-corrected chi connectivity index (χ3v) is 6.15. The molecule has 0 saturated carbocycles. The molecule has 4 rings (SSSR count). The van der Waals surface area contributed by atoms with Gasteiger partial charge in [-0.15, -0.1) is 0 Å². The third-order valence-electron chi connectivity index (χ3n) is 6.15. The van der Waals surface area contributed by atoms with Crippen molar-refractivity contribution in [2.75, 3.05) is 75.8 Å². The number of hydrogen-bond donors (Lipinski definition) is 0.